The predicted molar refractivity (Wildman–Crippen MR) is 110 cm³/mol. The molecule has 0 saturated heterocycles. The number of ether oxygens (including phenoxy) is 1. The van der Waals surface area contributed by atoms with E-state index in [1.807, 2.05) is 13.0 Å². The first-order chi connectivity index (χ1) is 14.0. The fourth-order valence-corrected chi connectivity index (χ4v) is 8.48. The number of rotatable bonds is 2. The lowest BCUT2D eigenvalue weighted by Gasteiger charge is -2.58. The zero-order valence-electron chi connectivity index (χ0n) is 17.9. The molecule has 9 atom stereocenters. The lowest BCUT2D eigenvalue weighted by atomic mass is 9.47. The molecule has 0 radical (unpaired) electrons. The molecule has 5 nitrogen and oxygen atoms in total. The molecule has 3 saturated carbocycles. The van der Waals surface area contributed by atoms with Gasteiger partial charge in [0, 0.05) is 41.0 Å². The Balaban J connectivity index is 1.63. The summed E-state index contributed by atoms with van der Waals surface area (Å²) in [6.07, 6.45) is 5.54. The number of halogens is 1. The standard InChI is InChI=1S/C24H29ClO5/c1-11(26)24(30-12(2)27)10-20(29)21-14-8-18(25)17-9-19(28)13-7-16(13)23(17,4)15(14)5-6-22(21,24)3/h8-9,13-16,20-21,29H,5-7,10H2,1-4H3/t13-,14-,15+,16+,20?,21-,22+,23+,24+/m1/s1. The number of hydrogen-bond acceptors (Lipinski definition) is 5. The number of fused-ring (bicyclic) bond motifs is 7. The summed E-state index contributed by atoms with van der Waals surface area (Å²) >= 11 is 6.76. The lowest BCUT2D eigenvalue weighted by Crippen LogP contribution is -2.58. The zero-order chi connectivity index (χ0) is 21.8. The van der Waals surface area contributed by atoms with E-state index >= 15 is 0 Å². The number of Topliss-reactive ketones (excluding diaryl/α,β-unsaturated/α-hetero) is 1. The molecule has 30 heavy (non-hydrogen) atoms. The van der Waals surface area contributed by atoms with Crippen molar-refractivity contribution < 1.29 is 24.2 Å². The molecule has 0 aromatic rings. The second-order valence-electron chi connectivity index (χ2n) is 10.6. The summed E-state index contributed by atoms with van der Waals surface area (Å²) in [6.45, 7) is 7.01. The van der Waals surface area contributed by atoms with Crippen molar-refractivity contribution in [3.8, 4) is 0 Å². The van der Waals surface area contributed by atoms with Crippen LogP contribution < -0.4 is 0 Å². The Hall–Kier alpha value is -1.46. The summed E-state index contributed by atoms with van der Waals surface area (Å²) in [5.41, 5.74) is -1.22. The molecule has 3 fully saturated rings. The van der Waals surface area contributed by atoms with Gasteiger partial charge in [-0.15, -0.1) is 0 Å². The highest BCUT2D eigenvalue weighted by Crippen LogP contribution is 2.72. The predicted octanol–water partition coefficient (Wildman–Crippen LogP) is 3.58. The average Bonchev–Trinajstić information content (AvgIpc) is 3.41. The van der Waals surface area contributed by atoms with Gasteiger partial charge in [0.15, 0.2) is 17.2 Å². The fraction of sp³-hybridized carbons (Fsp3) is 0.708. The van der Waals surface area contributed by atoms with Gasteiger partial charge in [0.05, 0.1) is 6.10 Å². The highest BCUT2D eigenvalue weighted by atomic mass is 35.5. The topological polar surface area (TPSA) is 80.7 Å². The van der Waals surface area contributed by atoms with Gasteiger partial charge in [0.1, 0.15) is 0 Å². The second-order valence-corrected chi connectivity index (χ2v) is 11.0. The molecule has 5 aliphatic carbocycles. The average molecular weight is 433 g/mol. The zero-order valence-corrected chi connectivity index (χ0v) is 18.7. The Morgan fingerprint density at radius 1 is 1.23 bits per heavy atom. The maximum absolute atomic E-state index is 12.8. The molecule has 1 unspecified atom stereocenters. The number of esters is 1. The Labute approximate surface area is 181 Å². The van der Waals surface area contributed by atoms with Gasteiger partial charge < -0.3 is 9.84 Å². The number of aliphatic hydroxyl groups is 1. The van der Waals surface area contributed by atoms with Crippen molar-refractivity contribution in [2.24, 2.45) is 40.4 Å². The summed E-state index contributed by atoms with van der Waals surface area (Å²) in [5, 5.41) is 11.8. The van der Waals surface area contributed by atoms with Gasteiger partial charge in [-0.2, -0.15) is 0 Å². The maximum Gasteiger partial charge on any atom is 0.303 e. The van der Waals surface area contributed by atoms with Crippen molar-refractivity contribution >= 4 is 29.1 Å². The minimum Gasteiger partial charge on any atom is -0.451 e. The molecule has 0 aliphatic heterocycles. The molecular formula is C24H29ClO5. The van der Waals surface area contributed by atoms with Crippen molar-refractivity contribution in [2.75, 3.05) is 0 Å². The van der Waals surface area contributed by atoms with Crippen LogP contribution >= 0.6 is 11.6 Å². The Kier molecular flexibility index (Phi) is 4.14. The van der Waals surface area contributed by atoms with Gasteiger partial charge in [-0.3, -0.25) is 14.4 Å². The number of carbonyl (C=O) groups excluding carboxylic acids is 3. The number of ketones is 2. The number of allylic oxidation sites excluding steroid dienone is 4. The Morgan fingerprint density at radius 2 is 1.93 bits per heavy atom. The van der Waals surface area contributed by atoms with Crippen LogP contribution in [0.2, 0.25) is 0 Å². The van der Waals surface area contributed by atoms with Crippen LogP contribution in [0.15, 0.2) is 22.8 Å². The van der Waals surface area contributed by atoms with Crippen LogP contribution in [-0.2, 0) is 19.1 Å². The lowest BCUT2D eigenvalue weighted by molar-refractivity contribution is -0.185. The monoisotopic (exact) mass is 432 g/mol. The first-order valence-corrected chi connectivity index (χ1v) is 11.4. The van der Waals surface area contributed by atoms with Gasteiger partial charge in [0.2, 0.25) is 0 Å². The number of hydrogen-bond donors (Lipinski definition) is 1. The normalized spacial score (nSPS) is 50.9. The van der Waals surface area contributed by atoms with E-state index in [1.165, 1.54) is 13.8 Å². The molecule has 5 rings (SSSR count). The summed E-state index contributed by atoms with van der Waals surface area (Å²) in [5.74, 6) is -0.145. The first-order valence-electron chi connectivity index (χ1n) is 11.0. The number of carbonyl (C=O) groups is 3. The van der Waals surface area contributed by atoms with E-state index in [0.717, 1.165) is 18.4 Å². The van der Waals surface area contributed by atoms with Gasteiger partial charge >= 0.3 is 5.97 Å². The van der Waals surface area contributed by atoms with Crippen LogP contribution in [0.4, 0.5) is 0 Å². The highest BCUT2D eigenvalue weighted by Gasteiger charge is 2.72. The van der Waals surface area contributed by atoms with Gasteiger partial charge in [-0.05, 0) is 55.6 Å². The van der Waals surface area contributed by atoms with E-state index in [2.05, 4.69) is 6.92 Å². The van der Waals surface area contributed by atoms with Crippen LogP contribution in [0.1, 0.15) is 53.4 Å². The molecule has 1 N–H and O–H groups in total. The van der Waals surface area contributed by atoms with E-state index in [4.69, 9.17) is 16.3 Å². The van der Waals surface area contributed by atoms with Crippen LogP contribution in [0.3, 0.4) is 0 Å². The summed E-state index contributed by atoms with van der Waals surface area (Å²) in [6, 6.07) is 0. The van der Waals surface area contributed by atoms with E-state index in [9.17, 15) is 19.5 Å². The van der Waals surface area contributed by atoms with Gasteiger partial charge in [0.25, 0.3) is 0 Å². The van der Waals surface area contributed by atoms with Crippen molar-refractivity contribution in [1.82, 2.24) is 0 Å². The molecule has 0 amide bonds. The molecule has 0 heterocycles. The molecule has 0 spiro atoms. The first kappa shape index (κ1) is 20.4. The van der Waals surface area contributed by atoms with Crippen molar-refractivity contribution in [2.45, 2.75) is 65.1 Å². The van der Waals surface area contributed by atoms with Crippen molar-refractivity contribution in [3.63, 3.8) is 0 Å². The Bertz CT molecular complexity index is 936. The minimum absolute atomic E-state index is 0.0281. The fourth-order valence-electron chi connectivity index (χ4n) is 8.07. The van der Waals surface area contributed by atoms with Crippen molar-refractivity contribution in [1.29, 1.82) is 0 Å². The molecular weight excluding hydrogens is 404 g/mol. The second kappa shape index (κ2) is 6.07. The molecule has 0 bridgehead atoms. The summed E-state index contributed by atoms with van der Waals surface area (Å²) in [7, 11) is 0. The Morgan fingerprint density at radius 3 is 2.57 bits per heavy atom. The molecule has 0 aromatic carbocycles. The van der Waals surface area contributed by atoms with E-state index in [0.29, 0.717) is 17.4 Å². The van der Waals surface area contributed by atoms with E-state index in [-0.39, 0.29) is 47.1 Å². The van der Waals surface area contributed by atoms with Crippen molar-refractivity contribution in [3.05, 3.63) is 22.8 Å². The highest BCUT2D eigenvalue weighted by molar-refractivity contribution is 6.32. The third-order valence-corrected chi connectivity index (χ3v) is 9.80. The van der Waals surface area contributed by atoms with Crippen LogP contribution in [0, 0.1) is 40.4 Å². The third-order valence-electron chi connectivity index (χ3n) is 9.47. The van der Waals surface area contributed by atoms with Gasteiger partial charge in [-0.1, -0.05) is 31.5 Å². The smallest absolute Gasteiger partial charge is 0.303 e. The van der Waals surface area contributed by atoms with Crippen LogP contribution in [0.25, 0.3) is 0 Å². The third kappa shape index (κ3) is 2.26. The SMILES string of the molecule is CC(=O)O[C@]1(C(C)=O)CC(O)[C@H]2[C@@H]3C=C(Cl)C4=CC(=O)[C@@H]5C[C@@H]5[C@]4(C)[C@H]3CC[C@@]21C. The van der Waals surface area contributed by atoms with Crippen LogP contribution in [0.5, 0.6) is 0 Å². The number of aliphatic hydroxyl groups excluding tert-OH is 1. The maximum atomic E-state index is 12.8. The molecule has 0 aromatic heterocycles. The summed E-state index contributed by atoms with van der Waals surface area (Å²) < 4.78 is 5.73. The van der Waals surface area contributed by atoms with E-state index < -0.39 is 23.1 Å². The van der Waals surface area contributed by atoms with Crippen LogP contribution in [-0.4, -0.2) is 34.3 Å². The molecule has 162 valence electrons. The molecule has 6 heteroatoms. The minimum atomic E-state index is -1.31. The largest absolute Gasteiger partial charge is 0.451 e. The van der Waals surface area contributed by atoms with Gasteiger partial charge in [-0.25, -0.2) is 0 Å². The van der Waals surface area contributed by atoms with E-state index in [1.54, 1.807) is 6.08 Å². The summed E-state index contributed by atoms with van der Waals surface area (Å²) in [4.78, 5) is 37.2. The quantitative estimate of drug-likeness (QED) is 0.674. The molecule has 5 aliphatic rings.